The quantitative estimate of drug-likeness (QED) is 0.676. The van der Waals surface area contributed by atoms with Gasteiger partial charge in [-0.05, 0) is 24.6 Å². The Morgan fingerprint density at radius 3 is 2.97 bits per heavy atom. The maximum absolute atomic E-state index is 13.8. The summed E-state index contributed by atoms with van der Waals surface area (Å²) in [6.07, 6.45) is 1.92. The van der Waals surface area contributed by atoms with Crippen LogP contribution in [-0.2, 0) is 19.5 Å². The summed E-state index contributed by atoms with van der Waals surface area (Å²) in [5.41, 5.74) is 0.738. The van der Waals surface area contributed by atoms with Crippen molar-refractivity contribution in [3.63, 3.8) is 0 Å². The van der Waals surface area contributed by atoms with Gasteiger partial charge in [-0.25, -0.2) is 4.39 Å². The van der Waals surface area contributed by atoms with Gasteiger partial charge in [-0.3, -0.25) is 4.79 Å². The van der Waals surface area contributed by atoms with Gasteiger partial charge in [-0.15, -0.1) is 10.2 Å². The van der Waals surface area contributed by atoms with Crippen molar-refractivity contribution in [1.29, 1.82) is 0 Å². The van der Waals surface area contributed by atoms with Crippen molar-refractivity contribution in [3.8, 4) is 17.1 Å². The summed E-state index contributed by atoms with van der Waals surface area (Å²) >= 11 is 0. The number of methoxy groups -OCH3 is 1. The van der Waals surface area contributed by atoms with Gasteiger partial charge in [0.05, 0.1) is 13.7 Å². The van der Waals surface area contributed by atoms with Crippen molar-refractivity contribution < 1.29 is 18.4 Å². The maximum atomic E-state index is 13.8. The summed E-state index contributed by atoms with van der Waals surface area (Å²) in [4.78, 5) is 14.7. The number of fused-ring (bicyclic) bond motifs is 1. The van der Waals surface area contributed by atoms with Crippen LogP contribution in [0.5, 0.6) is 5.75 Å². The first-order valence-electron chi connectivity index (χ1n) is 9.19. The van der Waals surface area contributed by atoms with Crippen LogP contribution >= 0.6 is 0 Å². The van der Waals surface area contributed by atoms with E-state index in [9.17, 15) is 9.18 Å². The Balaban J connectivity index is 1.64. The van der Waals surface area contributed by atoms with Crippen LogP contribution in [0.25, 0.3) is 11.3 Å². The van der Waals surface area contributed by atoms with E-state index in [1.807, 2.05) is 4.57 Å². The van der Waals surface area contributed by atoms with E-state index in [2.05, 4.69) is 20.7 Å². The largest absolute Gasteiger partial charge is 0.494 e. The molecule has 1 amide bonds. The van der Waals surface area contributed by atoms with E-state index >= 15 is 0 Å². The Hall–Kier alpha value is -3.43. The zero-order valence-corrected chi connectivity index (χ0v) is 16.4. The first-order chi connectivity index (χ1) is 14.0. The Bertz CT molecular complexity index is 1060. The average Bonchev–Trinajstić information content (AvgIpc) is 3.42. The van der Waals surface area contributed by atoms with Crippen LogP contribution < -0.4 is 15.0 Å². The van der Waals surface area contributed by atoms with E-state index in [-0.39, 0.29) is 29.5 Å². The third-order valence-corrected chi connectivity index (χ3v) is 4.83. The normalized spacial score (nSPS) is 12.7. The Morgan fingerprint density at radius 1 is 1.38 bits per heavy atom. The number of nitrogens with one attached hydrogen (secondary N) is 1. The predicted molar refractivity (Wildman–Crippen MR) is 102 cm³/mol. The second-order valence-corrected chi connectivity index (χ2v) is 6.92. The molecule has 2 aromatic heterocycles. The van der Waals surface area contributed by atoms with E-state index in [0.717, 1.165) is 25.2 Å². The minimum Gasteiger partial charge on any atom is -0.494 e. The second kappa shape index (κ2) is 7.53. The number of nitrogens with zero attached hydrogens (tertiary/aromatic N) is 5. The number of rotatable bonds is 6. The van der Waals surface area contributed by atoms with Crippen LogP contribution in [0.1, 0.15) is 28.4 Å². The minimum absolute atomic E-state index is 0.0516. The molecule has 152 valence electrons. The molecule has 1 aliphatic heterocycles. The first kappa shape index (κ1) is 18.9. The third-order valence-electron chi connectivity index (χ3n) is 4.83. The molecular weight excluding hydrogens is 379 g/mol. The lowest BCUT2D eigenvalue weighted by Crippen LogP contribution is -2.26. The molecule has 0 fully saturated rings. The summed E-state index contributed by atoms with van der Waals surface area (Å²) in [6, 6.07) is 4.24. The predicted octanol–water partition coefficient (Wildman–Crippen LogP) is 2.02. The molecule has 1 N–H and O–H groups in total. The number of aromatic nitrogens is 4. The molecule has 1 aromatic carbocycles. The number of hydrogen-bond acceptors (Lipinski definition) is 7. The highest BCUT2D eigenvalue weighted by Crippen LogP contribution is 2.33. The SMILES string of the molecule is COc1cc(-c2onc(N(C)C)c2C(=O)NCc2nnc3n2CCC3)ccc1F. The molecule has 29 heavy (non-hydrogen) atoms. The Labute approximate surface area is 166 Å². The van der Waals surface area contributed by atoms with Gasteiger partial charge in [-0.1, -0.05) is 5.16 Å². The molecule has 0 unspecified atom stereocenters. The molecule has 0 spiro atoms. The van der Waals surface area contributed by atoms with Crippen molar-refractivity contribution in [1.82, 2.24) is 25.2 Å². The lowest BCUT2D eigenvalue weighted by Gasteiger charge is -2.11. The van der Waals surface area contributed by atoms with Crippen LogP contribution in [0, 0.1) is 5.82 Å². The van der Waals surface area contributed by atoms with Gasteiger partial charge in [0.2, 0.25) is 0 Å². The van der Waals surface area contributed by atoms with Gasteiger partial charge in [0.15, 0.2) is 29.0 Å². The fraction of sp³-hybridized carbons (Fsp3) is 0.368. The van der Waals surface area contributed by atoms with Gasteiger partial charge in [0, 0.05) is 32.6 Å². The van der Waals surface area contributed by atoms with Crippen LogP contribution in [0.2, 0.25) is 0 Å². The number of halogens is 1. The van der Waals surface area contributed by atoms with Crippen molar-refractivity contribution >= 4 is 11.7 Å². The summed E-state index contributed by atoms with van der Waals surface area (Å²) in [7, 11) is 4.89. The molecule has 3 aromatic rings. The standard InChI is InChI=1S/C19H21FN6O3/c1-25(2)18-16(17(29-24-18)11-6-7-12(20)13(9-11)28-3)19(27)21-10-15-23-22-14-5-4-8-26(14)15/h6-7,9H,4-5,8,10H2,1-3H3,(H,21,27). The molecule has 0 saturated carbocycles. The lowest BCUT2D eigenvalue weighted by atomic mass is 10.1. The van der Waals surface area contributed by atoms with E-state index in [4.69, 9.17) is 9.26 Å². The highest BCUT2D eigenvalue weighted by Gasteiger charge is 2.27. The average molecular weight is 400 g/mol. The van der Waals surface area contributed by atoms with Gasteiger partial charge < -0.3 is 24.0 Å². The minimum atomic E-state index is -0.504. The molecule has 0 bridgehead atoms. The molecule has 0 atom stereocenters. The molecule has 0 aliphatic carbocycles. The van der Waals surface area contributed by atoms with Gasteiger partial charge in [0.1, 0.15) is 11.4 Å². The molecule has 0 saturated heterocycles. The number of benzene rings is 1. The van der Waals surface area contributed by atoms with Crippen molar-refractivity contribution in [3.05, 3.63) is 41.2 Å². The summed E-state index contributed by atoms with van der Waals surface area (Å²) in [5, 5.41) is 15.2. The first-order valence-corrected chi connectivity index (χ1v) is 9.19. The molecule has 3 heterocycles. The Kier molecular flexibility index (Phi) is 4.91. The number of hydrogen-bond donors (Lipinski definition) is 1. The van der Waals surface area contributed by atoms with Gasteiger partial charge >= 0.3 is 0 Å². The number of anilines is 1. The van der Waals surface area contributed by atoms with Crippen LogP contribution in [0.3, 0.4) is 0 Å². The van der Waals surface area contributed by atoms with E-state index in [0.29, 0.717) is 17.2 Å². The van der Waals surface area contributed by atoms with Crippen molar-refractivity contribution in [2.24, 2.45) is 0 Å². The summed E-state index contributed by atoms with van der Waals surface area (Å²) in [5.74, 6) is 1.42. The Morgan fingerprint density at radius 2 is 2.21 bits per heavy atom. The van der Waals surface area contributed by atoms with Crippen LogP contribution in [0.15, 0.2) is 22.7 Å². The van der Waals surface area contributed by atoms with Crippen LogP contribution in [0.4, 0.5) is 10.2 Å². The molecule has 1 aliphatic rings. The van der Waals surface area contributed by atoms with E-state index in [1.165, 1.54) is 25.3 Å². The zero-order valence-electron chi connectivity index (χ0n) is 16.4. The molecular formula is C19H21FN6O3. The highest BCUT2D eigenvalue weighted by molar-refractivity contribution is 6.04. The highest BCUT2D eigenvalue weighted by atomic mass is 19.1. The monoisotopic (exact) mass is 400 g/mol. The smallest absolute Gasteiger partial charge is 0.259 e. The zero-order chi connectivity index (χ0) is 20.5. The van der Waals surface area contributed by atoms with E-state index in [1.54, 1.807) is 19.0 Å². The number of ether oxygens (including phenoxy) is 1. The van der Waals surface area contributed by atoms with Crippen molar-refractivity contribution in [2.75, 3.05) is 26.1 Å². The topological polar surface area (TPSA) is 98.3 Å². The number of carbonyl (C=O) groups excluding carboxylic acids is 1. The molecule has 4 rings (SSSR count). The number of amides is 1. The molecule has 0 radical (unpaired) electrons. The fourth-order valence-electron chi connectivity index (χ4n) is 3.38. The second-order valence-electron chi connectivity index (χ2n) is 6.92. The maximum Gasteiger partial charge on any atom is 0.259 e. The number of aryl methyl sites for hydroxylation is 1. The van der Waals surface area contributed by atoms with Crippen LogP contribution in [-0.4, -0.2) is 47.0 Å². The van der Waals surface area contributed by atoms with Crippen molar-refractivity contribution in [2.45, 2.75) is 25.9 Å². The van der Waals surface area contributed by atoms with Gasteiger partial charge in [0.25, 0.3) is 5.91 Å². The third kappa shape index (κ3) is 3.41. The lowest BCUT2D eigenvalue weighted by molar-refractivity contribution is 0.0950. The molecule has 10 heteroatoms. The molecule has 9 nitrogen and oxygen atoms in total. The fourth-order valence-corrected chi connectivity index (χ4v) is 3.38. The number of carbonyl (C=O) groups is 1. The summed E-state index contributed by atoms with van der Waals surface area (Å²) < 4.78 is 26.3. The summed E-state index contributed by atoms with van der Waals surface area (Å²) in [6.45, 7) is 1.08. The van der Waals surface area contributed by atoms with E-state index < -0.39 is 5.82 Å². The van der Waals surface area contributed by atoms with Gasteiger partial charge in [-0.2, -0.15) is 0 Å².